The molecule has 0 saturated heterocycles. The van der Waals surface area contributed by atoms with Crippen molar-refractivity contribution in [2.45, 2.75) is 44.3 Å². The fraction of sp³-hybridized carbons (Fsp3) is 0.818. The van der Waals surface area contributed by atoms with E-state index in [-0.39, 0.29) is 5.54 Å². The van der Waals surface area contributed by atoms with Crippen molar-refractivity contribution in [2.75, 3.05) is 12.3 Å². The van der Waals surface area contributed by atoms with Gasteiger partial charge in [-0.1, -0.05) is 11.8 Å². The maximum absolute atomic E-state index is 4.03. The van der Waals surface area contributed by atoms with E-state index in [1.54, 1.807) is 18.1 Å². The van der Waals surface area contributed by atoms with E-state index in [1.165, 1.54) is 12.8 Å². The van der Waals surface area contributed by atoms with Crippen LogP contribution in [0.1, 0.15) is 33.6 Å². The Morgan fingerprint density at radius 2 is 2.12 bits per heavy atom. The van der Waals surface area contributed by atoms with Crippen LogP contribution in [0.2, 0.25) is 0 Å². The molecule has 5 heteroatoms. The van der Waals surface area contributed by atoms with Crippen LogP contribution in [0.5, 0.6) is 0 Å². The largest absolute Gasteiger partial charge is 0.312 e. The minimum absolute atomic E-state index is 0.233. The van der Waals surface area contributed by atoms with Crippen LogP contribution in [0, 0.1) is 0 Å². The molecule has 0 aliphatic carbocycles. The zero-order valence-electron chi connectivity index (χ0n) is 10.7. The highest BCUT2D eigenvalue weighted by atomic mass is 32.2. The zero-order chi connectivity index (χ0) is 12.0. The molecule has 0 bridgehead atoms. The molecule has 0 radical (unpaired) electrons. The summed E-state index contributed by atoms with van der Waals surface area (Å²) in [6, 6.07) is 0. The van der Waals surface area contributed by atoms with Crippen molar-refractivity contribution >= 4 is 11.8 Å². The normalized spacial score (nSPS) is 12.0. The number of aryl methyl sites for hydroxylation is 1. The molecule has 0 spiro atoms. The summed E-state index contributed by atoms with van der Waals surface area (Å²) in [7, 11) is 1.98. The highest BCUT2D eigenvalue weighted by Crippen LogP contribution is 2.14. The summed E-state index contributed by atoms with van der Waals surface area (Å²) in [5, 5.41) is 12.4. The average molecular weight is 242 g/mol. The third-order valence-corrected chi connectivity index (χ3v) is 3.25. The lowest BCUT2D eigenvalue weighted by Crippen LogP contribution is -2.36. The van der Waals surface area contributed by atoms with Crippen molar-refractivity contribution in [3.05, 3.63) is 6.33 Å². The summed E-state index contributed by atoms with van der Waals surface area (Å²) in [5.41, 5.74) is 0.233. The first-order chi connectivity index (χ1) is 7.49. The van der Waals surface area contributed by atoms with Gasteiger partial charge in [0.2, 0.25) is 0 Å². The lowest BCUT2D eigenvalue weighted by atomic mass is 10.1. The maximum atomic E-state index is 4.03. The second-order valence-electron chi connectivity index (χ2n) is 4.96. The number of hydrogen-bond donors (Lipinski definition) is 1. The van der Waals surface area contributed by atoms with E-state index < -0.39 is 0 Å². The maximum Gasteiger partial charge on any atom is 0.190 e. The van der Waals surface area contributed by atoms with Gasteiger partial charge in [0.15, 0.2) is 5.16 Å². The summed E-state index contributed by atoms with van der Waals surface area (Å²) < 4.78 is 1.96. The molecule has 0 saturated carbocycles. The molecule has 16 heavy (non-hydrogen) atoms. The minimum Gasteiger partial charge on any atom is -0.312 e. The van der Waals surface area contributed by atoms with Crippen LogP contribution in [0.3, 0.4) is 0 Å². The van der Waals surface area contributed by atoms with Gasteiger partial charge in [-0.05, 0) is 40.2 Å². The number of thioether (sulfide) groups is 1. The molecule has 1 heterocycles. The van der Waals surface area contributed by atoms with Gasteiger partial charge >= 0.3 is 0 Å². The molecule has 0 aliphatic heterocycles. The lowest BCUT2D eigenvalue weighted by molar-refractivity contribution is 0.421. The van der Waals surface area contributed by atoms with Crippen molar-refractivity contribution in [1.82, 2.24) is 20.1 Å². The van der Waals surface area contributed by atoms with E-state index in [0.29, 0.717) is 0 Å². The Bertz CT molecular complexity index is 303. The lowest BCUT2D eigenvalue weighted by Gasteiger charge is -2.20. The fourth-order valence-electron chi connectivity index (χ4n) is 1.26. The summed E-state index contributed by atoms with van der Waals surface area (Å²) in [5.74, 6) is 1.11. The standard InChI is InChI=1S/C11H22N4S/c1-11(2,3)12-7-5-6-8-16-10-14-13-9-15(10)4/h9,12H,5-8H2,1-4H3. The summed E-state index contributed by atoms with van der Waals surface area (Å²) >= 11 is 1.77. The molecule has 1 aromatic rings. The van der Waals surface area contributed by atoms with E-state index in [0.717, 1.165) is 17.5 Å². The van der Waals surface area contributed by atoms with Gasteiger partial charge in [0, 0.05) is 18.3 Å². The third-order valence-electron chi connectivity index (χ3n) is 2.13. The Hall–Kier alpha value is -0.550. The van der Waals surface area contributed by atoms with Crippen LogP contribution in [0.4, 0.5) is 0 Å². The summed E-state index contributed by atoms with van der Waals surface area (Å²) in [6.07, 6.45) is 4.16. The van der Waals surface area contributed by atoms with E-state index >= 15 is 0 Å². The second-order valence-corrected chi connectivity index (χ2v) is 6.02. The Morgan fingerprint density at radius 1 is 1.38 bits per heavy atom. The van der Waals surface area contributed by atoms with Crippen LogP contribution in [-0.2, 0) is 7.05 Å². The van der Waals surface area contributed by atoms with E-state index in [4.69, 9.17) is 0 Å². The summed E-state index contributed by atoms with van der Waals surface area (Å²) in [4.78, 5) is 0. The van der Waals surface area contributed by atoms with Crippen molar-refractivity contribution < 1.29 is 0 Å². The highest BCUT2D eigenvalue weighted by Gasteiger charge is 2.07. The molecule has 0 fully saturated rings. The van der Waals surface area contributed by atoms with Gasteiger partial charge in [0.1, 0.15) is 6.33 Å². The third kappa shape index (κ3) is 5.51. The molecular weight excluding hydrogens is 220 g/mol. The van der Waals surface area contributed by atoms with Crippen molar-refractivity contribution in [3.63, 3.8) is 0 Å². The van der Waals surface area contributed by atoms with Crippen molar-refractivity contribution in [3.8, 4) is 0 Å². The number of unbranched alkanes of at least 4 members (excludes halogenated alkanes) is 1. The molecule has 1 N–H and O–H groups in total. The molecule has 0 unspecified atom stereocenters. The topological polar surface area (TPSA) is 42.7 Å². The van der Waals surface area contributed by atoms with Gasteiger partial charge in [-0.2, -0.15) is 0 Å². The van der Waals surface area contributed by atoms with Gasteiger partial charge in [-0.25, -0.2) is 0 Å². The monoisotopic (exact) mass is 242 g/mol. The highest BCUT2D eigenvalue weighted by molar-refractivity contribution is 7.99. The Balaban J connectivity index is 2.03. The molecular formula is C11H22N4S. The first-order valence-corrected chi connectivity index (χ1v) is 6.69. The summed E-state index contributed by atoms with van der Waals surface area (Å²) in [6.45, 7) is 7.67. The van der Waals surface area contributed by atoms with Crippen LogP contribution < -0.4 is 5.32 Å². The second kappa shape index (κ2) is 6.25. The SMILES string of the molecule is Cn1cnnc1SCCCCNC(C)(C)C. The molecule has 0 aromatic carbocycles. The minimum atomic E-state index is 0.233. The van der Waals surface area contributed by atoms with Gasteiger partial charge in [-0.15, -0.1) is 10.2 Å². The van der Waals surface area contributed by atoms with Crippen molar-refractivity contribution in [1.29, 1.82) is 0 Å². The van der Waals surface area contributed by atoms with Crippen LogP contribution in [0.25, 0.3) is 0 Å². The van der Waals surface area contributed by atoms with Crippen LogP contribution in [-0.4, -0.2) is 32.6 Å². The Labute approximate surface area is 102 Å². The Morgan fingerprint density at radius 3 is 2.69 bits per heavy atom. The van der Waals surface area contributed by atoms with Gasteiger partial charge in [0.25, 0.3) is 0 Å². The van der Waals surface area contributed by atoms with E-state index in [2.05, 4.69) is 36.3 Å². The predicted molar refractivity (Wildman–Crippen MR) is 68.7 cm³/mol. The number of hydrogen-bond acceptors (Lipinski definition) is 4. The molecule has 0 aliphatic rings. The fourth-order valence-corrected chi connectivity index (χ4v) is 2.14. The average Bonchev–Trinajstić information content (AvgIpc) is 2.56. The molecule has 1 aromatic heterocycles. The van der Waals surface area contributed by atoms with Gasteiger partial charge in [-0.3, -0.25) is 0 Å². The number of nitrogens with zero attached hydrogens (tertiary/aromatic N) is 3. The number of nitrogens with one attached hydrogen (secondary N) is 1. The Kier molecular flexibility index (Phi) is 5.28. The smallest absolute Gasteiger partial charge is 0.190 e. The quantitative estimate of drug-likeness (QED) is 0.612. The van der Waals surface area contributed by atoms with Crippen LogP contribution in [0.15, 0.2) is 11.5 Å². The first kappa shape index (κ1) is 13.5. The molecule has 0 atom stereocenters. The van der Waals surface area contributed by atoms with Gasteiger partial charge < -0.3 is 9.88 Å². The van der Waals surface area contributed by atoms with Crippen LogP contribution >= 0.6 is 11.8 Å². The molecule has 1 rings (SSSR count). The molecule has 92 valence electrons. The van der Waals surface area contributed by atoms with E-state index in [9.17, 15) is 0 Å². The first-order valence-electron chi connectivity index (χ1n) is 5.71. The van der Waals surface area contributed by atoms with Gasteiger partial charge in [0.05, 0.1) is 0 Å². The van der Waals surface area contributed by atoms with Crippen molar-refractivity contribution in [2.24, 2.45) is 7.05 Å². The number of rotatable bonds is 6. The number of aromatic nitrogens is 3. The molecule has 0 amide bonds. The predicted octanol–water partition coefficient (Wildman–Crippen LogP) is 2.08. The molecule has 4 nitrogen and oxygen atoms in total. The van der Waals surface area contributed by atoms with E-state index in [1.807, 2.05) is 11.6 Å². The zero-order valence-corrected chi connectivity index (χ0v) is 11.5.